The van der Waals surface area contributed by atoms with Crippen LogP contribution in [0.15, 0.2) is 30.3 Å². The maximum atomic E-state index is 2.48. The number of likely N-dealkylation sites (tertiary alicyclic amines) is 1. The lowest BCUT2D eigenvalue weighted by Gasteiger charge is -2.29. The van der Waals surface area contributed by atoms with Crippen molar-refractivity contribution < 1.29 is 0 Å². The molecule has 1 saturated heterocycles. The fourth-order valence-corrected chi connectivity index (χ4v) is 2.16. The van der Waals surface area contributed by atoms with Crippen LogP contribution in [-0.4, -0.2) is 25.0 Å². The molecule has 0 amide bonds. The lowest BCUT2D eigenvalue weighted by atomic mass is 9.92. The molecule has 0 spiro atoms. The van der Waals surface area contributed by atoms with E-state index in [1.165, 1.54) is 31.5 Å². The molecule has 1 heterocycles. The van der Waals surface area contributed by atoms with E-state index >= 15 is 0 Å². The maximum Gasteiger partial charge on any atom is 0.00126 e. The van der Waals surface area contributed by atoms with Gasteiger partial charge in [-0.05, 0) is 44.3 Å². The van der Waals surface area contributed by atoms with E-state index in [1.807, 2.05) is 0 Å². The van der Waals surface area contributed by atoms with Crippen LogP contribution < -0.4 is 0 Å². The molecule has 1 aromatic carbocycles. The number of rotatable bonds is 2. The van der Waals surface area contributed by atoms with Crippen molar-refractivity contribution in [2.45, 2.75) is 12.8 Å². The van der Waals surface area contributed by atoms with Crippen LogP contribution in [0.1, 0.15) is 12.0 Å². The Hall–Kier alpha value is -0.820. The second-order valence-corrected chi connectivity index (χ2v) is 4.24. The van der Waals surface area contributed by atoms with Crippen LogP contribution in [0, 0.1) is 12.3 Å². The lowest BCUT2D eigenvalue weighted by molar-refractivity contribution is 0.253. The van der Waals surface area contributed by atoms with Gasteiger partial charge in [-0.2, -0.15) is 0 Å². The van der Waals surface area contributed by atoms with Crippen molar-refractivity contribution in [2.24, 2.45) is 5.92 Å². The molecule has 14 heavy (non-hydrogen) atoms. The summed E-state index contributed by atoms with van der Waals surface area (Å²) in [4.78, 5) is 2.42. The first-order valence-corrected chi connectivity index (χ1v) is 5.40. The Morgan fingerprint density at radius 2 is 2.07 bits per heavy atom. The standard InChI is InChI=1S/C13H18N/c1-14-9-5-8-13(11-14)10-12-6-3-2-4-7-12/h2-4,6-8,13H,5,9-11H2,1H3. The number of hydrogen-bond acceptors (Lipinski definition) is 1. The third-order valence-electron chi connectivity index (χ3n) is 2.90. The predicted octanol–water partition coefficient (Wildman–Crippen LogP) is 2.39. The van der Waals surface area contributed by atoms with Gasteiger partial charge in [0.15, 0.2) is 0 Å². The Kier molecular flexibility index (Phi) is 3.20. The molecule has 1 aliphatic rings. The summed E-state index contributed by atoms with van der Waals surface area (Å²) in [5.74, 6) is 0.746. The first kappa shape index (κ1) is 9.72. The average molecular weight is 188 g/mol. The van der Waals surface area contributed by atoms with E-state index in [0.717, 1.165) is 5.92 Å². The Balaban J connectivity index is 1.91. The van der Waals surface area contributed by atoms with Gasteiger partial charge in [-0.15, -0.1) is 0 Å². The lowest BCUT2D eigenvalue weighted by Crippen LogP contribution is -2.33. The van der Waals surface area contributed by atoms with Gasteiger partial charge in [-0.25, -0.2) is 0 Å². The number of benzene rings is 1. The zero-order valence-electron chi connectivity index (χ0n) is 8.82. The fourth-order valence-electron chi connectivity index (χ4n) is 2.16. The fraction of sp³-hybridized carbons (Fsp3) is 0.462. The molecular formula is C13H18N. The van der Waals surface area contributed by atoms with Crippen LogP contribution in [0.4, 0.5) is 0 Å². The van der Waals surface area contributed by atoms with Crippen LogP contribution in [-0.2, 0) is 6.42 Å². The van der Waals surface area contributed by atoms with Crippen LogP contribution >= 0.6 is 0 Å². The summed E-state index contributed by atoms with van der Waals surface area (Å²) in [6.07, 6.45) is 4.92. The van der Waals surface area contributed by atoms with Gasteiger partial charge in [0.2, 0.25) is 0 Å². The molecule has 0 bridgehead atoms. The minimum atomic E-state index is 0.746. The summed E-state index contributed by atoms with van der Waals surface area (Å²) in [7, 11) is 2.21. The molecule has 1 aromatic rings. The minimum Gasteiger partial charge on any atom is -0.306 e. The molecule has 0 saturated carbocycles. The molecule has 75 valence electrons. The van der Waals surface area contributed by atoms with Gasteiger partial charge in [0.1, 0.15) is 0 Å². The smallest absolute Gasteiger partial charge is 0.00126 e. The van der Waals surface area contributed by atoms with Crippen LogP contribution in [0.5, 0.6) is 0 Å². The summed E-state index contributed by atoms with van der Waals surface area (Å²) in [6.45, 7) is 2.44. The van der Waals surface area contributed by atoms with Gasteiger partial charge in [-0.3, -0.25) is 0 Å². The molecule has 1 atom stereocenters. The van der Waals surface area contributed by atoms with E-state index in [0.29, 0.717) is 0 Å². The van der Waals surface area contributed by atoms with E-state index in [4.69, 9.17) is 0 Å². The van der Waals surface area contributed by atoms with Crippen molar-refractivity contribution >= 4 is 0 Å². The zero-order valence-corrected chi connectivity index (χ0v) is 8.82. The Morgan fingerprint density at radius 3 is 2.79 bits per heavy atom. The first-order valence-electron chi connectivity index (χ1n) is 5.40. The topological polar surface area (TPSA) is 3.24 Å². The van der Waals surface area contributed by atoms with Gasteiger partial charge in [0.25, 0.3) is 0 Å². The Morgan fingerprint density at radius 1 is 1.29 bits per heavy atom. The number of piperidine rings is 1. The normalized spacial score (nSPS) is 23.6. The first-order chi connectivity index (χ1) is 6.84. The second kappa shape index (κ2) is 4.61. The highest BCUT2D eigenvalue weighted by Crippen LogP contribution is 2.18. The van der Waals surface area contributed by atoms with Crippen molar-refractivity contribution in [3.63, 3.8) is 0 Å². The highest BCUT2D eigenvalue weighted by molar-refractivity contribution is 5.16. The number of nitrogens with zero attached hydrogens (tertiary/aromatic N) is 1. The SMILES string of the molecule is CN1CC[CH]C(Cc2ccccc2)C1. The summed E-state index contributed by atoms with van der Waals surface area (Å²) in [6, 6.07) is 10.8. The predicted molar refractivity (Wildman–Crippen MR) is 60.1 cm³/mol. The molecule has 1 unspecified atom stereocenters. The molecule has 0 aliphatic carbocycles. The van der Waals surface area contributed by atoms with Crippen LogP contribution in [0.2, 0.25) is 0 Å². The third-order valence-corrected chi connectivity index (χ3v) is 2.90. The second-order valence-electron chi connectivity index (χ2n) is 4.24. The average Bonchev–Trinajstić information content (AvgIpc) is 2.19. The van der Waals surface area contributed by atoms with Gasteiger partial charge in [0.05, 0.1) is 0 Å². The molecule has 1 aliphatic heterocycles. The van der Waals surface area contributed by atoms with Crippen molar-refractivity contribution in [2.75, 3.05) is 20.1 Å². The molecule has 2 rings (SSSR count). The van der Waals surface area contributed by atoms with E-state index < -0.39 is 0 Å². The van der Waals surface area contributed by atoms with E-state index in [1.54, 1.807) is 0 Å². The summed E-state index contributed by atoms with van der Waals surface area (Å²) < 4.78 is 0. The molecule has 0 aromatic heterocycles. The van der Waals surface area contributed by atoms with Crippen LogP contribution in [0.25, 0.3) is 0 Å². The molecule has 1 radical (unpaired) electrons. The summed E-state index contributed by atoms with van der Waals surface area (Å²) in [5.41, 5.74) is 1.46. The maximum absolute atomic E-state index is 2.48. The van der Waals surface area contributed by atoms with Gasteiger partial charge < -0.3 is 4.90 Å². The zero-order chi connectivity index (χ0) is 9.80. The highest BCUT2D eigenvalue weighted by Gasteiger charge is 2.17. The van der Waals surface area contributed by atoms with Crippen molar-refractivity contribution in [1.82, 2.24) is 4.90 Å². The molecular weight excluding hydrogens is 170 g/mol. The minimum absolute atomic E-state index is 0.746. The Bertz CT molecular complexity index is 268. The van der Waals surface area contributed by atoms with E-state index in [2.05, 4.69) is 48.7 Å². The van der Waals surface area contributed by atoms with Crippen LogP contribution in [0.3, 0.4) is 0 Å². The molecule has 1 nitrogen and oxygen atoms in total. The quantitative estimate of drug-likeness (QED) is 0.689. The Labute approximate surface area is 86.7 Å². The number of hydrogen-bond donors (Lipinski definition) is 0. The third kappa shape index (κ3) is 2.58. The van der Waals surface area contributed by atoms with E-state index in [-0.39, 0.29) is 0 Å². The van der Waals surface area contributed by atoms with E-state index in [9.17, 15) is 0 Å². The molecule has 0 N–H and O–H groups in total. The van der Waals surface area contributed by atoms with Crippen molar-refractivity contribution in [1.29, 1.82) is 0 Å². The van der Waals surface area contributed by atoms with Crippen molar-refractivity contribution in [3.05, 3.63) is 42.3 Å². The summed E-state index contributed by atoms with van der Waals surface area (Å²) in [5, 5.41) is 0. The van der Waals surface area contributed by atoms with Gasteiger partial charge in [0, 0.05) is 6.54 Å². The highest BCUT2D eigenvalue weighted by atomic mass is 15.1. The largest absolute Gasteiger partial charge is 0.306 e. The van der Waals surface area contributed by atoms with Gasteiger partial charge in [-0.1, -0.05) is 30.3 Å². The monoisotopic (exact) mass is 188 g/mol. The molecule has 1 fully saturated rings. The summed E-state index contributed by atoms with van der Waals surface area (Å²) >= 11 is 0. The van der Waals surface area contributed by atoms with Crippen molar-refractivity contribution in [3.8, 4) is 0 Å². The van der Waals surface area contributed by atoms with Gasteiger partial charge >= 0.3 is 0 Å². The molecule has 1 heteroatoms.